The van der Waals surface area contributed by atoms with Gasteiger partial charge in [-0.3, -0.25) is 4.79 Å². The fraction of sp³-hybridized carbons (Fsp3) is 0.929. The molecule has 5 saturated carbocycles. The molecule has 0 radical (unpaired) electrons. The molecular formula is C28H44N2O6. The molecule has 8 nitrogen and oxygen atoms in total. The van der Waals surface area contributed by atoms with Gasteiger partial charge in [-0.15, -0.1) is 0 Å². The average Bonchev–Trinajstić information content (AvgIpc) is 3.18. The quantitative estimate of drug-likeness (QED) is 0.550. The Labute approximate surface area is 215 Å². The molecule has 202 valence electrons. The van der Waals surface area contributed by atoms with Gasteiger partial charge in [0.15, 0.2) is 0 Å². The largest absolute Gasteiger partial charge is 0.444 e. The van der Waals surface area contributed by atoms with Crippen molar-refractivity contribution in [1.82, 2.24) is 10.2 Å². The summed E-state index contributed by atoms with van der Waals surface area (Å²) in [5.41, 5.74) is -0.504. The highest BCUT2D eigenvalue weighted by molar-refractivity contribution is 5.76. The van der Waals surface area contributed by atoms with Gasteiger partial charge in [-0.25, -0.2) is 4.79 Å². The van der Waals surface area contributed by atoms with Crippen LogP contribution in [-0.4, -0.2) is 53.2 Å². The highest BCUT2D eigenvalue weighted by atomic mass is 17.3. The number of alkyl carbamates (subject to hydrolysis) is 1. The van der Waals surface area contributed by atoms with Crippen LogP contribution in [0.3, 0.4) is 0 Å². The maximum Gasteiger partial charge on any atom is 0.407 e. The van der Waals surface area contributed by atoms with Gasteiger partial charge in [-0.05, 0) is 96.3 Å². The Balaban J connectivity index is 0.951. The van der Waals surface area contributed by atoms with Crippen LogP contribution < -0.4 is 5.32 Å². The minimum atomic E-state index is -0.611. The summed E-state index contributed by atoms with van der Waals surface area (Å²) in [6.45, 7) is 6.95. The van der Waals surface area contributed by atoms with Crippen molar-refractivity contribution in [3.05, 3.63) is 0 Å². The third kappa shape index (κ3) is 4.78. The summed E-state index contributed by atoms with van der Waals surface area (Å²) < 4.78 is 12.2. The van der Waals surface area contributed by atoms with Crippen molar-refractivity contribution in [3.63, 3.8) is 0 Å². The van der Waals surface area contributed by atoms with Crippen molar-refractivity contribution in [2.75, 3.05) is 13.1 Å². The summed E-state index contributed by atoms with van der Waals surface area (Å²) >= 11 is 0. The first-order valence-corrected chi connectivity index (χ1v) is 14.5. The van der Waals surface area contributed by atoms with Crippen LogP contribution >= 0.6 is 0 Å². The van der Waals surface area contributed by atoms with E-state index >= 15 is 0 Å². The van der Waals surface area contributed by atoms with E-state index in [0.29, 0.717) is 37.3 Å². The van der Waals surface area contributed by atoms with E-state index < -0.39 is 17.2 Å². The number of rotatable bonds is 3. The van der Waals surface area contributed by atoms with Crippen molar-refractivity contribution >= 4 is 12.0 Å². The first-order chi connectivity index (χ1) is 17.1. The minimum absolute atomic E-state index is 0.0626. The third-order valence-corrected chi connectivity index (χ3v) is 9.84. The second-order valence-electron chi connectivity index (χ2n) is 13.7. The van der Waals surface area contributed by atoms with E-state index in [2.05, 4.69) is 5.32 Å². The van der Waals surface area contributed by atoms with Crippen LogP contribution in [0.2, 0.25) is 0 Å². The Morgan fingerprint density at radius 3 is 2.11 bits per heavy atom. The van der Waals surface area contributed by atoms with Crippen LogP contribution in [0.15, 0.2) is 0 Å². The van der Waals surface area contributed by atoms with E-state index in [9.17, 15) is 9.59 Å². The van der Waals surface area contributed by atoms with Gasteiger partial charge in [-0.1, -0.05) is 0 Å². The molecule has 7 rings (SSSR count). The summed E-state index contributed by atoms with van der Waals surface area (Å²) in [5, 5.41) is 2.95. The lowest BCUT2D eigenvalue weighted by molar-refractivity contribution is -0.390. The lowest BCUT2D eigenvalue weighted by Gasteiger charge is -2.57. The van der Waals surface area contributed by atoms with Gasteiger partial charge in [0.2, 0.25) is 17.5 Å². The van der Waals surface area contributed by atoms with E-state index in [1.54, 1.807) is 0 Å². The molecule has 5 aliphatic carbocycles. The topological polar surface area (TPSA) is 86.3 Å². The number of hydrogen-bond acceptors (Lipinski definition) is 6. The SMILES string of the molecule is CC(C)(C)OC(=O)NC1CCN(C(=O)CC2CCC3(CC2)OOC2(O3)C3CC4CC(C3)CC2C4)CC1. The minimum Gasteiger partial charge on any atom is -0.444 e. The normalized spacial score (nSPS) is 42.3. The predicted octanol–water partition coefficient (Wildman–Crippen LogP) is 4.91. The molecule has 0 atom stereocenters. The molecule has 8 heteroatoms. The van der Waals surface area contributed by atoms with E-state index in [1.807, 2.05) is 25.7 Å². The summed E-state index contributed by atoms with van der Waals surface area (Å²) in [5.74, 6) is 2.18. The van der Waals surface area contributed by atoms with Gasteiger partial charge in [-0.2, -0.15) is 9.78 Å². The van der Waals surface area contributed by atoms with E-state index in [4.69, 9.17) is 19.2 Å². The summed E-state index contributed by atoms with van der Waals surface area (Å²) in [7, 11) is 0. The maximum atomic E-state index is 13.0. The molecule has 0 aromatic carbocycles. The molecule has 7 fully saturated rings. The number of carbonyl (C=O) groups excluding carboxylic acids is 2. The first-order valence-electron chi connectivity index (χ1n) is 14.5. The molecule has 0 aromatic rings. The zero-order valence-corrected chi connectivity index (χ0v) is 22.3. The Morgan fingerprint density at radius 1 is 0.917 bits per heavy atom. The predicted molar refractivity (Wildman–Crippen MR) is 131 cm³/mol. The zero-order chi connectivity index (χ0) is 25.1. The van der Waals surface area contributed by atoms with Crippen LogP contribution in [0.1, 0.15) is 97.8 Å². The number of nitrogens with one attached hydrogen (secondary N) is 1. The van der Waals surface area contributed by atoms with Crippen LogP contribution in [-0.2, 0) is 24.0 Å². The number of hydrogen-bond donors (Lipinski definition) is 1. The van der Waals surface area contributed by atoms with Crippen molar-refractivity contribution in [3.8, 4) is 0 Å². The molecule has 2 heterocycles. The van der Waals surface area contributed by atoms with Crippen molar-refractivity contribution in [1.29, 1.82) is 0 Å². The molecule has 0 unspecified atom stereocenters. The number of likely N-dealkylation sites (tertiary alicyclic amines) is 1. The van der Waals surface area contributed by atoms with Crippen LogP contribution in [0.25, 0.3) is 0 Å². The Morgan fingerprint density at radius 2 is 1.53 bits per heavy atom. The molecule has 7 aliphatic rings. The number of nitrogens with zero attached hydrogens (tertiary/aromatic N) is 1. The second kappa shape index (κ2) is 9.12. The van der Waals surface area contributed by atoms with Crippen molar-refractivity contribution in [2.24, 2.45) is 29.6 Å². The fourth-order valence-electron chi connectivity index (χ4n) is 8.24. The number of piperidine rings is 1. The van der Waals surface area contributed by atoms with Gasteiger partial charge >= 0.3 is 6.09 Å². The summed E-state index contributed by atoms with van der Waals surface area (Å²) in [6.07, 6.45) is 11.5. The number of ether oxygens (including phenoxy) is 2. The van der Waals surface area contributed by atoms with E-state index in [1.165, 1.54) is 32.1 Å². The molecular weight excluding hydrogens is 460 g/mol. The molecule has 4 bridgehead atoms. The van der Waals surface area contributed by atoms with Crippen molar-refractivity contribution in [2.45, 2.75) is 121 Å². The average molecular weight is 505 g/mol. The Hall–Kier alpha value is -1.38. The van der Waals surface area contributed by atoms with Crippen LogP contribution in [0, 0.1) is 29.6 Å². The summed E-state index contributed by atoms with van der Waals surface area (Å²) in [4.78, 5) is 39.2. The zero-order valence-electron chi connectivity index (χ0n) is 22.3. The first kappa shape index (κ1) is 24.9. The van der Waals surface area contributed by atoms with Gasteiger partial charge in [0.05, 0.1) is 0 Å². The monoisotopic (exact) mass is 504 g/mol. The van der Waals surface area contributed by atoms with Crippen LogP contribution in [0.4, 0.5) is 4.79 Å². The van der Waals surface area contributed by atoms with Gasteiger partial charge < -0.3 is 19.7 Å². The third-order valence-electron chi connectivity index (χ3n) is 9.84. The second-order valence-corrected chi connectivity index (χ2v) is 13.7. The lowest BCUT2D eigenvalue weighted by atomic mass is 9.53. The lowest BCUT2D eigenvalue weighted by Crippen LogP contribution is -2.59. The highest BCUT2D eigenvalue weighted by Gasteiger charge is 2.66. The van der Waals surface area contributed by atoms with Crippen LogP contribution in [0.5, 0.6) is 0 Å². The molecule has 2 amide bonds. The Bertz CT molecular complexity index is 825. The summed E-state index contributed by atoms with van der Waals surface area (Å²) in [6, 6.07) is 0.0626. The molecule has 2 saturated heterocycles. The highest BCUT2D eigenvalue weighted by Crippen LogP contribution is 2.63. The number of amides is 2. The van der Waals surface area contributed by atoms with Gasteiger partial charge in [0, 0.05) is 50.2 Å². The van der Waals surface area contributed by atoms with E-state index in [0.717, 1.165) is 50.4 Å². The molecule has 2 spiro atoms. The Kier molecular flexibility index (Phi) is 6.32. The maximum absolute atomic E-state index is 13.0. The molecule has 36 heavy (non-hydrogen) atoms. The van der Waals surface area contributed by atoms with E-state index in [-0.39, 0.29) is 18.0 Å². The number of carbonyl (C=O) groups is 2. The van der Waals surface area contributed by atoms with Gasteiger partial charge in [0.25, 0.3) is 0 Å². The smallest absolute Gasteiger partial charge is 0.407 e. The fourth-order valence-corrected chi connectivity index (χ4v) is 8.24. The standard InChI is InChI=1S/C28H44N2O6/c1-26(2,3)33-25(32)29-23-6-10-30(11-7-23)24(31)17-18-4-8-27(9-5-18)34-28(36-35-27)21-13-19-12-20(15-21)16-22(28)14-19/h18-23H,4-17H2,1-3H3,(H,29,32). The molecule has 0 aromatic heterocycles. The molecule has 2 aliphatic heterocycles. The molecule has 1 N–H and O–H groups in total. The van der Waals surface area contributed by atoms with Crippen molar-refractivity contribution < 1.29 is 28.8 Å². The van der Waals surface area contributed by atoms with Gasteiger partial charge in [0.1, 0.15) is 5.60 Å².